The Kier molecular flexibility index (Phi) is 2.86. The maximum Gasteiger partial charge on any atom is 0.206 e. The zero-order chi connectivity index (χ0) is 11.0. The van der Waals surface area contributed by atoms with Crippen molar-refractivity contribution in [2.24, 2.45) is 5.41 Å². The standard InChI is InChI=1S/C10H19N3S/c1-7-12-13-8(14-7)11-10(5,6)9(2,3)4/h1-6H3,(H,11,13). The normalized spacial score (nSPS) is 13.0. The van der Waals surface area contributed by atoms with Crippen molar-refractivity contribution in [3.63, 3.8) is 0 Å². The maximum absolute atomic E-state index is 4.07. The second-order valence-corrected chi connectivity index (χ2v) is 6.31. The molecule has 0 spiro atoms. The van der Waals surface area contributed by atoms with Crippen LogP contribution in [0.2, 0.25) is 0 Å². The number of rotatable bonds is 2. The van der Waals surface area contributed by atoms with Crippen molar-refractivity contribution in [2.45, 2.75) is 47.1 Å². The molecule has 0 aliphatic heterocycles. The molecular weight excluding hydrogens is 194 g/mol. The number of aromatic nitrogens is 2. The highest BCUT2D eigenvalue weighted by Crippen LogP contribution is 2.33. The van der Waals surface area contributed by atoms with Crippen LogP contribution in [-0.2, 0) is 0 Å². The van der Waals surface area contributed by atoms with Crippen LogP contribution in [0.25, 0.3) is 0 Å². The Labute approximate surface area is 89.9 Å². The third kappa shape index (κ3) is 2.44. The van der Waals surface area contributed by atoms with E-state index in [1.807, 2.05) is 6.92 Å². The summed E-state index contributed by atoms with van der Waals surface area (Å²) in [5.41, 5.74) is 0.200. The fraction of sp³-hybridized carbons (Fsp3) is 0.800. The molecular formula is C10H19N3S. The van der Waals surface area contributed by atoms with E-state index < -0.39 is 0 Å². The molecule has 3 nitrogen and oxygen atoms in total. The fourth-order valence-corrected chi connectivity index (χ4v) is 1.55. The van der Waals surface area contributed by atoms with Crippen LogP contribution >= 0.6 is 11.3 Å². The summed E-state index contributed by atoms with van der Waals surface area (Å²) >= 11 is 1.60. The Morgan fingerprint density at radius 2 is 1.64 bits per heavy atom. The Bertz CT molecular complexity index is 309. The van der Waals surface area contributed by atoms with E-state index >= 15 is 0 Å². The predicted octanol–water partition coefficient (Wildman–Crippen LogP) is 3.08. The molecule has 1 N–H and O–H groups in total. The van der Waals surface area contributed by atoms with Gasteiger partial charge in [0.05, 0.1) is 0 Å². The first-order valence-electron chi connectivity index (χ1n) is 4.81. The number of anilines is 1. The van der Waals surface area contributed by atoms with Crippen molar-refractivity contribution in [3.8, 4) is 0 Å². The first kappa shape index (κ1) is 11.4. The van der Waals surface area contributed by atoms with E-state index in [4.69, 9.17) is 0 Å². The maximum atomic E-state index is 4.07. The molecule has 1 aromatic heterocycles. The van der Waals surface area contributed by atoms with Gasteiger partial charge in [-0.3, -0.25) is 0 Å². The summed E-state index contributed by atoms with van der Waals surface area (Å²) in [7, 11) is 0. The van der Waals surface area contributed by atoms with Crippen LogP contribution in [0, 0.1) is 12.3 Å². The van der Waals surface area contributed by atoms with Crippen LogP contribution < -0.4 is 5.32 Å². The van der Waals surface area contributed by atoms with Crippen molar-refractivity contribution in [1.29, 1.82) is 0 Å². The number of aryl methyl sites for hydroxylation is 1. The lowest BCUT2D eigenvalue weighted by Gasteiger charge is -2.39. The van der Waals surface area contributed by atoms with Crippen molar-refractivity contribution < 1.29 is 0 Å². The molecule has 1 aromatic rings. The molecule has 0 unspecified atom stereocenters. The topological polar surface area (TPSA) is 37.8 Å². The van der Waals surface area contributed by atoms with E-state index in [9.17, 15) is 0 Å². The fourth-order valence-electron chi connectivity index (χ4n) is 0.802. The quantitative estimate of drug-likeness (QED) is 0.820. The summed E-state index contributed by atoms with van der Waals surface area (Å²) in [6.07, 6.45) is 0. The van der Waals surface area contributed by atoms with Gasteiger partial charge in [0.2, 0.25) is 5.13 Å². The molecule has 0 aliphatic carbocycles. The highest BCUT2D eigenvalue weighted by atomic mass is 32.1. The number of hydrogen-bond acceptors (Lipinski definition) is 4. The summed E-state index contributed by atoms with van der Waals surface area (Å²) in [6.45, 7) is 13.0. The van der Waals surface area contributed by atoms with Gasteiger partial charge in [0.1, 0.15) is 5.01 Å². The van der Waals surface area contributed by atoms with Crippen molar-refractivity contribution in [3.05, 3.63) is 5.01 Å². The molecule has 0 radical (unpaired) electrons. The van der Waals surface area contributed by atoms with E-state index in [1.54, 1.807) is 11.3 Å². The van der Waals surface area contributed by atoms with Crippen molar-refractivity contribution in [2.75, 3.05) is 5.32 Å². The third-order valence-corrected chi connectivity index (χ3v) is 3.57. The minimum atomic E-state index is 0.0129. The van der Waals surface area contributed by atoms with Gasteiger partial charge in [-0.1, -0.05) is 32.1 Å². The number of nitrogens with zero attached hydrogens (tertiary/aromatic N) is 2. The van der Waals surface area contributed by atoms with E-state index in [1.165, 1.54) is 0 Å². The minimum absolute atomic E-state index is 0.0129. The average molecular weight is 213 g/mol. The van der Waals surface area contributed by atoms with Crippen LogP contribution in [0.4, 0.5) is 5.13 Å². The first-order valence-corrected chi connectivity index (χ1v) is 5.62. The van der Waals surface area contributed by atoms with E-state index in [0.717, 1.165) is 10.1 Å². The smallest absolute Gasteiger partial charge is 0.206 e. The summed E-state index contributed by atoms with van der Waals surface area (Å²) in [4.78, 5) is 0. The summed E-state index contributed by atoms with van der Waals surface area (Å²) in [5.74, 6) is 0. The lowest BCUT2D eigenvalue weighted by atomic mass is 9.76. The van der Waals surface area contributed by atoms with Gasteiger partial charge >= 0.3 is 0 Å². The molecule has 0 aliphatic rings. The summed E-state index contributed by atoms with van der Waals surface area (Å²) in [6, 6.07) is 0. The van der Waals surface area contributed by atoms with Crippen LogP contribution in [0.15, 0.2) is 0 Å². The monoisotopic (exact) mass is 213 g/mol. The molecule has 0 aromatic carbocycles. The SMILES string of the molecule is Cc1nnc(NC(C)(C)C(C)(C)C)s1. The Balaban J connectivity index is 2.78. The zero-order valence-electron chi connectivity index (χ0n) is 9.80. The van der Waals surface area contributed by atoms with Gasteiger partial charge in [-0.15, -0.1) is 10.2 Å². The number of nitrogens with one attached hydrogen (secondary N) is 1. The highest BCUT2D eigenvalue weighted by Gasteiger charge is 2.33. The zero-order valence-corrected chi connectivity index (χ0v) is 10.6. The Hall–Kier alpha value is -0.640. The lowest BCUT2D eigenvalue weighted by Crippen LogP contribution is -2.44. The third-order valence-electron chi connectivity index (χ3n) is 2.82. The second-order valence-electron chi connectivity index (χ2n) is 5.13. The minimum Gasteiger partial charge on any atom is -0.355 e. The molecule has 0 amide bonds. The molecule has 0 atom stereocenters. The van der Waals surface area contributed by atoms with Crippen LogP contribution in [0.5, 0.6) is 0 Å². The lowest BCUT2D eigenvalue weighted by molar-refractivity contribution is 0.254. The largest absolute Gasteiger partial charge is 0.355 e. The van der Waals surface area contributed by atoms with Crippen molar-refractivity contribution >= 4 is 16.5 Å². The van der Waals surface area contributed by atoms with Crippen LogP contribution in [-0.4, -0.2) is 15.7 Å². The highest BCUT2D eigenvalue weighted by molar-refractivity contribution is 7.15. The van der Waals surface area contributed by atoms with Gasteiger partial charge in [-0.25, -0.2) is 0 Å². The van der Waals surface area contributed by atoms with Crippen LogP contribution in [0.3, 0.4) is 0 Å². The van der Waals surface area contributed by atoms with Crippen LogP contribution in [0.1, 0.15) is 39.6 Å². The van der Waals surface area contributed by atoms with Gasteiger partial charge in [0.15, 0.2) is 0 Å². The first-order chi connectivity index (χ1) is 6.22. The molecule has 14 heavy (non-hydrogen) atoms. The van der Waals surface area contributed by atoms with Crippen molar-refractivity contribution in [1.82, 2.24) is 10.2 Å². The molecule has 0 fully saturated rings. The van der Waals surface area contributed by atoms with Gasteiger partial charge in [0, 0.05) is 5.54 Å². The van der Waals surface area contributed by atoms with Gasteiger partial charge < -0.3 is 5.32 Å². The van der Waals surface area contributed by atoms with E-state index in [2.05, 4.69) is 50.1 Å². The van der Waals surface area contributed by atoms with E-state index in [0.29, 0.717) is 0 Å². The Morgan fingerprint density at radius 3 is 2.00 bits per heavy atom. The van der Waals surface area contributed by atoms with E-state index in [-0.39, 0.29) is 11.0 Å². The predicted molar refractivity (Wildman–Crippen MR) is 61.8 cm³/mol. The molecule has 0 saturated carbocycles. The number of hydrogen-bond donors (Lipinski definition) is 1. The Morgan fingerprint density at radius 1 is 1.07 bits per heavy atom. The second kappa shape index (κ2) is 3.50. The molecule has 1 heterocycles. The average Bonchev–Trinajstić information content (AvgIpc) is 2.31. The summed E-state index contributed by atoms with van der Waals surface area (Å²) in [5, 5.41) is 13.4. The summed E-state index contributed by atoms with van der Waals surface area (Å²) < 4.78 is 0. The molecule has 0 saturated heterocycles. The molecule has 1 rings (SSSR count). The van der Waals surface area contributed by atoms with Gasteiger partial charge in [0.25, 0.3) is 0 Å². The van der Waals surface area contributed by atoms with Gasteiger partial charge in [-0.2, -0.15) is 0 Å². The molecule has 0 bridgehead atoms. The molecule has 80 valence electrons. The molecule has 4 heteroatoms. The van der Waals surface area contributed by atoms with Gasteiger partial charge in [-0.05, 0) is 26.2 Å².